The average molecular weight is 1060 g/mol. The molecule has 3 N–H and O–H groups in total. The summed E-state index contributed by atoms with van der Waals surface area (Å²) < 4.78 is 0. The van der Waals surface area contributed by atoms with Crippen molar-refractivity contribution in [1.29, 1.82) is 0 Å². The first-order chi connectivity index (χ1) is 35.9. The van der Waals surface area contributed by atoms with E-state index in [2.05, 4.69) is 152 Å². The van der Waals surface area contributed by atoms with E-state index in [4.69, 9.17) is 0 Å². The number of hydrogen-bond donors (Lipinski definition) is 3. The topological polar surface area (TPSA) is 60.7 Å². The summed E-state index contributed by atoms with van der Waals surface area (Å²) in [5.41, 5.74) is 13.8. The van der Waals surface area contributed by atoms with Gasteiger partial charge in [-0.25, -0.2) is 0 Å². The molecule has 3 nitrogen and oxygen atoms in total. The Balaban J connectivity index is 0.000000450. The molecule has 0 heterocycles. The Morgan fingerprint density at radius 3 is 1.22 bits per heavy atom. The zero-order valence-electron chi connectivity index (χ0n) is 53.6. The Labute approximate surface area is 477 Å². The molecule has 1 atom stereocenters. The molecular formula is C74H120O3. The quantitative estimate of drug-likeness (QED) is 0.124. The number of benzene rings is 4. The van der Waals surface area contributed by atoms with Crippen LogP contribution in [0, 0.1) is 74.0 Å². The lowest BCUT2D eigenvalue weighted by Crippen LogP contribution is -2.10. The minimum atomic E-state index is -0.328. The molecule has 0 bridgehead atoms. The number of rotatable bonds is 12. The maximum absolute atomic E-state index is 9.69. The number of phenolic OH excluding ortho intramolecular Hbond substituents is 2. The maximum atomic E-state index is 9.69. The molecule has 77 heavy (non-hydrogen) atoms. The molecule has 7 rings (SSSR count). The van der Waals surface area contributed by atoms with Gasteiger partial charge in [0.15, 0.2) is 0 Å². The number of hydrogen-bond acceptors (Lipinski definition) is 3. The molecular weight excluding hydrogens is 937 g/mol. The fourth-order valence-corrected chi connectivity index (χ4v) is 10.1. The van der Waals surface area contributed by atoms with Crippen LogP contribution >= 0.6 is 0 Å². The van der Waals surface area contributed by atoms with Crippen molar-refractivity contribution >= 4 is 0 Å². The smallest absolute Gasteiger partial charge is 0.118 e. The second-order valence-electron chi connectivity index (χ2n) is 27.7. The Bertz CT molecular complexity index is 2140. The van der Waals surface area contributed by atoms with Crippen molar-refractivity contribution in [2.45, 2.75) is 254 Å². The van der Waals surface area contributed by atoms with Crippen molar-refractivity contribution < 1.29 is 15.3 Å². The highest BCUT2D eigenvalue weighted by molar-refractivity contribution is 5.36. The van der Waals surface area contributed by atoms with E-state index in [1.807, 2.05) is 83.1 Å². The third-order valence-corrected chi connectivity index (χ3v) is 14.0. The lowest BCUT2D eigenvalue weighted by atomic mass is 9.84. The largest absolute Gasteiger partial charge is 0.508 e. The summed E-state index contributed by atoms with van der Waals surface area (Å²) >= 11 is 0. The van der Waals surface area contributed by atoms with E-state index in [1.165, 1.54) is 124 Å². The maximum Gasteiger partial charge on any atom is 0.118 e. The van der Waals surface area contributed by atoms with Crippen LogP contribution in [0.4, 0.5) is 0 Å². The third kappa shape index (κ3) is 36.7. The number of aliphatic hydroxyl groups is 1. The summed E-state index contributed by atoms with van der Waals surface area (Å²) in [6, 6.07) is 28.6. The van der Waals surface area contributed by atoms with Crippen molar-refractivity contribution in [2.75, 3.05) is 0 Å². The highest BCUT2D eigenvalue weighted by atomic mass is 16.3. The van der Waals surface area contributed by atoms with Crippen molar-refractivity contribution in [1.82, 2.24) is 0 Å². The van der Waals surface area contributed by atoms with E-state index < -0.39 is 0 Å². The molecule has 4 aromatic carbocycles. The van der Waals surface area contributed by atoms with Gasteiger partial charge in [-0.3, -0.25) is 0 Å². The van der Waals surface area contributed by atoms with Gasteiger partial charge >= 0.3 is 0 Å². The molecule has 434 valence electrons. The lowest BCUT2D eigenvalue weighted by molar-refractivity contribution is 0.127. The van der Waals surface area contributed by atoms with E-state index >= 15 is 0 Å². The van der Waals surface area contributed by atoms with Crippen molar-refractivity contribution in [3.05, 3.63) is 153 Å². The molecule has 1 fully saturated rings. The fraction of sp³-hybridized carbons (Fsp3) is 0.622. The van der Waals surface area contributed by atoms with Crippen LogP contribution in [0.2, 0.25) is 0 Å². The first kappa shape index (κ1) is 70.9. The van der Waals surface area contributed by atoms with E-state index in [-0.39, 0.29) is 12.0 Å². The molecule has 1 saturated carbocycles. The number of allylic oxidation sites excluding steroid dienone is 4. The fourth-order valence-electron chi connectivity index (χ4n) is 10.1. The summed E-state index contributed by atoms with van der Waals surface area (Å²) in [6.45, 7) is 43.8. The van der Waals surface area contributed by atoms with Crippen LogP contribution in [0.1, 0.15) is 251 Å². The molecule has 1 unspecified atom stereocenters. The van der Waals surface area contributed by atoms with Gasteiger partial charge in [0, 0.05) is 0 Å². The molecule has 0 aliphatic heterocycles. The summed E-state index contributed by atoms with van der Waals surface area (Å²) in [6.07, 6.45) is 27.5. The third-order valence-electron chi connectivity index (χ3n) is 14.0. The highest BCUT2D eigenvalue weighted by Crippen LogP contribution is 2.35. The summed E-state index contributed by atoms with van der Waals surface area (Å²) in [5.74, 6) is 5.07. The number of phenols is 2. The van der Waals surface area contributed by atoms with E-state index in [9.17, 15) is 15.3 Å². The number of aromatic hydroxyl groups is 2. The SMILES string of the molecule is CC(C)(C)CC1=CCCC1.CC(C)(C)CC1CCCC1.CC(C)CC1=CCCCC1.Cc1ccc(C(O)C(C)C)cc1.Cc1ccc(CC(C)C)cc1.Cc1ccc(CC(C)C)cc1O.Cc1ccc(CC(C)C)cc1O. The second kappa shape index (κ2) is 37.7. The van der Waals surface area contributed by atoms with Gasteiger partial charge in [-0.2, -0.15) is 0 Å². The molecule has 0 spiro atoms. The molecule has 0 saturated heterocycles. The monoisotopic (exact) mass is 1060 g/mol. The van der Waals surface area contributed by atoms with Gasteiger partial charge in [0.05, 0.1) is 6.10 Å². The predicted molar refractivity (Wildman–Crippen MR) is 342 cm³/mol. The van der Waals surface area contributed by atoms with Gasteiger partial charge in [0.1, 0.15) is 11.5 Å². The molecule has 3 aliphatic carbocycles. The van der Waals surface area contributed by atoms with Gasteiger partial charge in [0.2, 0.25) is 0 Å². The van der Waals surface area contributed by atoms with Gasteiger partial charge in [-0.05, 0) is 203 Å². The van der Waals surface area contributed by atoms with Crippen molar-refractivity contribution in [3.63, 3.8) is 0 Å². The Kier molecular flexibility index (Phi) is 34.8. The van der Waals surface area contributed by atoms with E-state index in [0.29, 0.717) is 34.2 Å². The Morgan fingerprint density at radius 1 is 0.455 bits per heavy atom. The van der Waals surface area contributed by atoms with Crippen LogP contribution in [-0.4, -0.2) is 15.3 Å². The molecule has 4 aromatic rings. The van der Waals surface area contributed by atoms with Gasteiger partial charge in [-0.15, -0.1) is 0 Å². The summed E-state index contributed by atoms with van der Waals surface area (Å²) in [7, 11) is 0. The van der Waals surface area contributed by atoms with Gasteiger partial charge in [-0.1, -0.05) is 244 Å². The predicted octanol–water partition coefficient (Wildman–Crippen LogP) is 22.4. The summed E-state index contributed by atoms with van der Waals surface area (Å²) in [4.78, 5) is 0. The van der Waals surface area contributed by atoms with E-state index in [0.717, 1.165) is 47.3 Å². The van der Waals surface area contributed by atoms with Crippen LogP contribution < -0.4 is 0 Å². The molecule has 3 heteroatoms. The van der Waals surface area contributed by atoms with Crippen molar-refractivity contribution in [3.8, 4) is 11.5 Å². The normalized spacial score (nSPS) is 14.8. The first-order valence-corrected chi connectivity index (χ1v) is 30.7. The van der Waals surface area contributed by atoms with Crippen LogP contribution in [0.15, 0.2) is 108 Å². The van der Waals surface area contributed by atoms with Crippen LogP contribution in [0.5, 0.6) is 11.5 Å². The van der Waals surface area contributed by atoms with Crippen molar-refractivity contribution in [2.24, 2.45) is 46.3 Å². The highest BCUT2D eigenvalue weighted by Gasteiger charge is 2.21. The lowest BCUT2D eigenvalue weighted by Gasteiger charge is -2.22. The zero-order chi connectivity index (χ0) is 58.3. The molecule has 0 amide bonds. The first-order valence-electron chi connectivity index (χ1n) is 30.7. The number of aliphatic hydroxyl groups excluding tert-OH is 1. The Morgan fingerprint density at radius 2 is 0.857 bits per heavy atom. The minimum Gasteiger partial charge on any atom is -0.508 e. The zero-order valence-corrected chi connectivity index (χ0v) is 53.6. The number of aryl methyl sites for hydroxylation is 4. The van der Waals surface area contributed by atoms with Crippen LogP contribution in [-0.2, 0) is 19.3 Å². The molecule has 3 aliphatic rings. The standard InChI is InChI=1S/3C11H16O.C11H16.C10H20.2C10H18/c1-8(2)11(12)10-6-4-9(3)5-7-10;2*1-8(2)6-10-5-4-9(3)11(12)7-10;1-9(2)8-11-6-4-10(3)5-7-11;2*1-10(2,3)8-9-6-4-5-7-9;1-9(2)8-10-6-4-3-5-7-10/h4-8,11-12H,1-3H3;2*4-5,7-8,12H,6H2,1-3H3;4-7,9H,8H2,1-3H3;9H,4-8H2,1-3H3;6H,4-5,7-8H2,1-3H3;6,9H,3-5,7-8H2,1-2H3. The summed E-state index contributed by atoms with van der Waals surface area (Å²) in [5, 5.41) is 28.5. The average Bonchev–Trinajstić information content (AvgIpc) is 4.04. The molecule has 0 radical (unpaired) electrons. The van der Waals surface area contributed by atoms with Crippen LogP contribution in [0.3, 0.4) is 0 Å². The second-order valence-corrected chi connectivity index (χ2v) is 27.7. The Hall–Kier alpha value is -4.08. The van der Waals surface area contributed by atoms with E-state index in [1.54, 1.807) is 11.1 Å². The molecule has 0 aromatic heterocycles. The minimum absolute atomic E-state index is 0.285. The van der Waals surface area contributed by atoms with Crippen LogP contribution in [0.25, 0.3) is 0 Å². The van der Waals surface area contributed by atoms with Gasteiger partial charge < -0.3 is 15.3 Å². The van der Waals surface area contributed by atoms with Gasteiger partial charge in [0.25, 0.3) is 0 Å².